The molecule has 52 heavy (non-hydrogen) atoms. The van der Waals surface area contributed by atoms with E-state index in [2.05, 4.69) is 20.9 Å². The third-order valence-electron chi connectivity index (χ3n) is 8.32. The average molecular weight is 716 g/mol. The molecule has 1 aromatic heterocycles. The Kier molecular flexibility index (Phi) is 11.7. The van der Waals surface area contributed by atoms with Crippen LogP contribution in [-0.2, 0) is 47.9 Å². The van der Waals surface area contributed by atoms with Crippen molar-refractivity contribution in [3.8, 4) is 5.75 Å². The van der Waals surface area contributed by atoms with E-state index in [1.54, 1.807) is 66.9 Å². The summed E-state index contributed by atoms with van der Waals surface area (Å²) in [6, 6.07) is 17.9. The number of aliphatic hydroxyl groups is 3. The molecule has 0 aliphatic carbocycles. The van der Waals surface area contributed by atoms with Crippen molar-refractivity contribution < 1.29 is 53.9 Å². The number of primary amides is 1. The zero-order valence-corrected chi connectivity index (χ0v) is 27.5. The number of aliphatic hydroxyl groups excluding tert-OH is 3. The number of nitrogens with two attached hydrogens (primary N) is 1. The molecule has 1 aliphatic heterocycles. The fourth-order valence-electron chi connectivity index (χ4n) is 5.61. The number of H-pyrrole nitrogens is 1. The summed E-state index contributed by atoms with van der Waals surface area (Å²) in [4.78, 5) is 68.5. The number of aromatic nitrogens is 1. The maximum Gasteiger partial charge on any atom is 0.413 e. The van der Waals surface area contributed by atoms with E-state index in [1.807, 2.05) is 6.07 Å². The average Bonchev–Trinajstić information content (AvgIpc) is 3.67. The molecule has 0 bridgehead atoms. The number of cyclic esters (lactones) is 1. The van der Waals surface area contributed by atoms with E-state index >= 15 is 0 Å². The lowest BCUT2D eigenvalue weighted by Gasteiger charge is -2.25. The van der Waals surface area contributed by atoms with E-state index in [4.69, 9.17) is 15.2 Å². The van der Waals surface area contributed by atoms with Gasteiger partial charge in [-0.1, -0.05) is 60.7 Å². The summed E-state index contributed by atoms with van der Waals surface area (Å²) >= 11 is 0. The van der Waals surface area contributed by atoms with Crippen molar-refractivity contribution in [1.29, 1.82) is 0 Å². The van der Waals surface area contributed by atoms with Gasteiger partial charge in [0.25, 0.3) is 0 Å². The molecule has 0 saturated heterocycles. The number of para-hydroxylation sites is 1. The summed E-state index contributed by atoms with van der Waals surface area (Å²) in [5, 5.41) is 47.6. The molecule has 0 saturated carbocycles. The number of aromatic amines is 1. The Morgan fingerprint density at radius 2 is 1.40 bits per heavy atom. The molecule has 272 valence electrons. The Morgan fingerprint density at radius 3 is 2.08 bits per heavy atom. The number of ether oxygens (including phenoxy) is 2. The normalized spacial score (nSPS) is 16.3. The third-order valence-corrected chi connectivity index (χ3v) is 8.32. The molecular formula is C36H37N5O11. The number of esters is 1. The minimum absolute atomic E-state index is 0.00910. The maximum absolute atomic E-state index is 14.1. The van der Waals surface area contributed by atoms with Gasteiger partial charge in [-0.25, -0.2) is 9.59 Å². The number of carbonyl (C=O) groups is 5. The standard InChI is InChI=1S/C36H37N5O11/c37-32(46)25(14-20-10-12-22(43)13-11-20)39-33(47)26(15-19-6-2-1-3-7-19)40-34(48)27(16-21-17-38-24-9-5-4-8-23(21)24)41-36(50)52-31-29(45)35(49)51-30(31)28(44)18-42/h1-13,17,25-28,30,38,42-45H,14-16,18H2,(H2,37,46)(H,39,47)(H,40,48)(H,41,50)/t25-,26-,27-,28?,30?/m0/s1. The molecule has 2 unspecified atom stereocenters. The summed E-state index contributed by atoms with van der Waals surface area (Å²) in [7, 11) is 0. The van der Waals surface area contributed by atoms with Crippen LogP contribution < -0.4 is 21.7 Å². The number of carbonyl (C=O) groups excluding carboxylic acids is 5. The van der Waals surface area contributed by atoms with Crippen molar-refractivity contribution in [3.05, 3.63) is 113 Å². The fourth-order valence-corrected chi connectivity index (χ4v) is 5.61. The van der Waals surface area contributed by atoms with Gasteiger partial charge in [0.2, 0.25) is 29.2 Å². The molecule has 16 heteroatoms. The number of fused-ring (bicyclic) bond motifs is 1. The maximum atomic E-state index is 14.1. The molecule has 4 aromatic rings. The Balaban J connectivity index is 1.40. The molecule has 0 spiro atoms. The molecule has 10 N–H and O–H groups in total. The predicted octanol–water partition coefficient (Wildman–Crippen LogP) is 0.499. The van der Waals surface area contributed by atoms with Gasteiger partial charge in [-0.15, -0.1) is 0 Å². The molecule has 4 amide bonds. The van der Waals surface area contributed by atoms with E-state index in [9.17, 15) is 44.4 Å². The Morgan fingerprint density at radius 1 is 0.808 bits per heavy atom. The number of hydrogen-bond acceptors (Lipinski definition) is 11. The first-order chi connectivity index (χ1) is 24.9. The van der Waals surface area contributed by atoms with Gasteiger partial charge in [0.15, 0.2) is 6.10 Å². The summed E-state index contributed by atoms with van der Waals surface area (Å²) < 4.78 is 9.94. The minimum atomic E-state index is -1.74. The summed E-state index contributed by atoms with van der Waals surface area (Å²) in [5.74, 6) is -5.63. The lowest BCUT2D eigenvalue weighted by atomic mass is 10.0. The molecular weight excluding hydrogens is 678 g/mol. The van der Waals surface area contributed by atoms with Crippen LogP contribution in [-0.4, -0.2) is 92.1 Å². The number of phenols is 1. The number of alkyl carbamates (subject to hydrolysis) is 1. The fraction of sp³-hybridized carbons (Fsp3) is 0.250. The zero-order valence-electron chi connectivity index (χ0n) is 27.5. The number of benzene rings is 3. The van der Waals surface area contributed by atoms with Crippen LogP contribution in [0.25, 0.3) is 10.9 Å². The third kappa shape index (κ3) is 9.04. The highest BCUT2D eigenvalue weighted by Gasteiger charge is 2.42. The number of aromatic hydroxyl groups is 1. The van der Waals surface area contributed by atoms with Crippen molar-refractivity contribution in [2.75, 3.05) is 6.61 Å². The van der Waals surface area contributed by atoms with Gasteiger partial charge >= 0.3 is 12.1 Å². The minimum Gasteiger partial charge on any atom is -0.508 e. The first-order valence-corrected chi connectivity index (χ1v) is 16.1. The van der Waals surface area contributed by atoms with E-state index < -0.39 is 78.2 Å². The number of rotatable bonds is 15. The van der Waals surface area contributed by atoms with Gasteiger partial charge in [-0.05, 0) is 34.9 Å². The summed E-state index contributed by atoms with van der Waals surface area (Å²) in [5.41, 5.74) is 8.21. The molecule has 0 fully saturated rings. The molecule has 3 aromatic carbocycles. The lowest BCUT2D eigenvalue weighted by Crippen LogP contribution is -2.57. The van der Waals surface area contributed by atoms with Crippen molar-refractivity contribution in [3.63, 3.8) is 0 Å². The van der Waals surface area contributed by atoms with Crippen LogP contribution in [0.3, 0.4) is 0 Å². The van der Waals surface area contributed by atoms with Crippen LogP contribution in [0, 0.1) is 0 Å². The Hall–Kier alpha value is -6.39. The van der Waals surface area contributed by atoms with Crippen molar-refractivity contribution in [2.45, 2.75) is 49.6 Å². The van der Waals surface area contributed by atoms with Gasteiger partial charge in [0.1, 0.15) is 30.0 Å². The Labute approximate surface area is 296 Å². The van der Waals surface area contributed by atoms with Gasteiger partial charge < -0.3 is 56.6 Å². The van der Waals surface area contributed by atoms with Gasteiger partial charge in [0.05, 0.1) is 6.61 Å². The van der Waals surface area contributed by atoms with Crippen molar-refractivity contribution in [2.24, 2.45) is 5.73 Å². The summed E-state index contributed by atoms with van der Waals surface area (Å²) in [6.45, 7) is -0.901. The number of phenolic OH excluding ortho intramolecular Hbond substituents is 1. The second-order valence-corrected chi connectivity index (χ2v) is 12.0. The molecule has 1 aliphatic rings. The number of hydrogen-bond donors (Lipinski definition) is 9. The highest BCUT2D eigenvalue weighted by molar-refractivity contribution is 5.95. The molecule has 5 atom stereocenters. The topological polar surface area (TPSA) is 263 Å². The summed E-state index contributed by atoms with van der Waals surface area (Å²) in [6.07, 6.45) is -3.32. The number of amides is 4. The van der Waals surface area contributed by atoms with Crippen LogP contribution in [0.5, 0.6) is 5.75 Å². The van der Waals surface area contributed by atoms with Gasteiger partial charge in [-0.2, -0.15) is 0 Å². The van der Waals surface area contributed by atoms with Gasteiger partial charge in [0, 0.05) is 36.4 Å². The van der Waals surface area contributed by atoms with Crippen molar-refractivity contribution >= 4 is 40.7 Å². The van der Waals surface area contributed by atoms with E-state index in [0.29, 0.717) is 16.7 Å². The van der Waals surface area contributed by atoms with Crippen LogP contribution in [0.2, 0.25) is 0 Å². The number of nitrogens with one attached hydrogen (secondary N) is 4. The van der Waals surface area contributed by atoms with E-state index in [1.165, 1.54) is 12.1 Å². The molecule has 0 radical (unpaired) electrons. The second kappa shape index (κ2) is 16.5. The molecule has 16 nitrogen and oxygen atoms in total. The second-order valence-electron chi connectivity index (χ2n) is 12.0. The van der Waals surface area contributed by atoms with Crippen molar-refractivity contribution in [1.82, 2.24) is 20.9 Å². The molecule has 2 heterocycles. The van der Waals surface area contributed by atoms with Gasteiger partial charge in [-0.3, -0.25) is 14.4 Å². The Bertz CT molecular complexity index is 1960. The SMILES string of the molecule is NC(=O)[C@H](Cc1ccc(O)cc1)NC(=O)[C@H](Cc1ccccc1)NC(=O)[C@H](Cc1c[nH]c2ccccc12)NC(=O)OC1=C(O)C(=O)OC1C(O)CO. The quantitative estimate of drug-likeness (QED) is 0.0766. The highest BCUT2D eigenvalue weighted by atomic mass is 16.6. The zero-order chi connectivity index (χ0) is 37.4. The highest BCUT2D eigenvalue weighted by Crippen LogP contribution is 2.25. The van der Waals surface area contributed by atoms with Crippen LogP contribution in [0.15, 0.2) is 96.6 Å². The van der Waals surface area contributed by atoms with E-state index in [0.717, 1.165) is 10.9 Å². The molecule has 5 rings (SSSR count). The van der Waals surface area contributed by atoms with E-state index in [-0.39, 0.29) is 25.0 Å². The smallest absolute Gasteiger partial charge is 0.413 e. The first kappa shape index (κ1) is 36.9. The van der Waals surface area contributed by atoms with Crippen LogP contribution in [0.1, 0.15) is 16.7 Å². The first-order valence-electron chi connectivity index (χ1n) is 16.1. The predicted molar refractivity (Wildman–Crippen MR) is 183 cm³/mol. The van der Waals surface area contributed by atoms with Crippen LogP contribution in [0.4, 0.5) is 4.79 Å². The largest absolute Gasteiger partial charge is 0.508 e. The monoisotopic (exact) mass is 715 g/mol. The lowest BCUT2D eigenvalue weighted by molar-refractivity contribution is -0.147. The van der Waals surface area contributed by atoms with Crippen LogP contribution >= 0.6 is 0 Å².